The molecular formula is C29H28N6O3S2. The Morgan fingerprint density at radius 3 is 2.20 bits per heavy atom. The van der Waals surface area contributed by atoms with Crippen molar-refractivity contribution in [1.29, 1.82) is 0 Å². The third-order valence-electron chi connectivity index (χ3n) is 6.75. The van der Waals surface area contributed by atoms with E-state index in [-0.39, 0.29) is 4.90 Å². The first-order valence-corrected chi connectivity index (χ1v) is 15.2. The van der Waals surface area contributed by atoms with Gasteiger partial charge in [-0.1, -0.05) is 29.8 Å². The highest BCUT2D eigenvalue weighted by atomic mass is 32.2. The van der Waals surface area contributed by atoms with Gasteiger partial charge in [0.15, 0.2) is 0 Å². The smallest absolute Gasteiger partial charge is 0.243 e. The van der Waals surface area contributed by atoms with Crippen LogP contribution in [-0.2, 0) is 16.4 Å². The zero-order valence-electron chi connectivity index (χ0n) is 21.9. The number of piperazine rings is 1. The highest BCUT2D eigenvalue weighted by molar-refractivity contribution is 7.89. The fraction of sp³-hybridized carbons (Fsp3) is 0.207. The fourth-order valence-electron chi connectivity index (χ4n) is 4.51. The Bertz CT molecular complexity index is 1660. The number of aromatic nitrogens is 4. The summed E-state index contributed by atoms with van der Waals surface area (Å²) in [6, 6.07) is 24.5. The molecule has 0 N–H and O–H groups in total. The number of sulfonamides is 1. The summed E-state index contributed by atoms with van der Waals surface area (Å²) in [6.45, 7) is 3.95. The molecule has 3 heterocycles. The molecule has 0 saturated carbocycles. The summed E-state index contributed by atoms with van der Waals surface area (Å²) in [5, 5.41) is 5.00. The van der Waals surface area contributed by atoms with Crippen molar-refractivity contribution in [3.8, 4) is 17.2 Å². The lowest BCUT2D eigenvalue weighted by molar-refractivity contribution is 0.384. The zero-order valence-corrected chi connectivity index (χ0v) is 23.6. The van der Waals surface area contributed by atoms with Gasteiger partial charge in [-0.3, -0.25) is 0 Å². The van der Waals surface area contributed by atoms with Crippen LogP contribution < -0.4 is 9.64 Å². The van der Waals surface area contributed by atoms with Crippen molar-refractivity contribution in [2.45, 2.75) is 18.2 Å². The van der Waals surface area contributed by atoms with E-state index in [4.69, 9.17) is 9.72 Å². The molecule has 11 heteroatoms. The summed E-state index contributed by atoms with van der Waals surface area (Å²) in [7, 11) is -3.58. The van der Waals surface area contributed by atoms with Gasteiger partial charge in [-0.2, -0.15) is 13.8 Å². The molecule has 0 unspecified atom stereocenters. The number of aryl methyl sites for hydroxylation is 1. The Labute approximate surface area is 237 Å². The van der Waals surface area contributed by atoms with E-state index in [1.165, 1.54) is 21.4 Å². The molecule has 1 aliphatic heterocycles. The van der Waals surface area contributed by atoms with Crippen molar-refractivity contribution in [2.75, 3.05) is 31.1 Å². The molecule has 0 atom stereocenters. The van der Waals surface area contributed by atoms with Crippen LogP contribution >= 0.6 is 11.5 Å². The van der Waals surface area contributed by atoms with Gasteiger partial charge in [-0.25, -0.2) is 18.1 Å². The lowest BCUT2D eigenvalue weighted by Gasteiger charge is -2.33. The molecule has 2 aromatic heterocycles. The van der Waals surface area contributed by atoms with E-state index in [1.807, 2.05) is 67.7 Å². The second-order valence-corrected chi connectivity index (χ2v) is 12.2. The van der Waals surface area contributed by atoms with E-state index in [9.17, 15) is 8.42 Å². The number of hydrogen-bond acceptors (Lipinski definition) is 8. The van der Waals surface area contributed by atoms with E-state index in [0.29, 0.717) is 32.6 Å². The van der Waals surface area contributed by atoms with Crippen LogP contribution in [0.3, 0.4) is 0 Å². The van der Waals surface area contributed by atoms with Crippen LogP contribution in [-0.4, -0.2) is 58.0 Å². The molecule has 1 fully saturated rings. The van der Waals surface area contributed by atoms with Gasteiger partial charge < -0.3 is 9.64 Å². The first kappa shape index (κ1) is 26.2. The molecule has 0 radical (unpaired) electrons. The van der Waals surface area contributed by atoms with Crippen molar-refractivity contribution in [3.63, 3.8) is 0 Å². The largest absolute Gasteiger partial charge is 0.457 e. The summed E-state index contributed by atoms with van der Waals surface area (Å²) >= 11 is 1.35. The van der Waals surface area contributed by atoms with E-state index in [2.05, 4.69) is 14.4 Å². The molecule has 204 valence electrons. The number of rotatable bonds is 8. The van der Waals surface area contributed by atoms with Gasteiger partial charge in [0.2, 0.25) is 15.2 Å². The number of hydrogen-bond donors (Lipinski definition) is 0. The molecule has 5 aromatic rings. The maximum atomic E-state index is 13.2. The third kappa shape index (κ3) is 5.76. The first-order chi connectivity index (χ1) is 19.4. The Hall–Kier alpha value is -4.06. The van der Waals surface area contributed by atoms with Crippen LogP contribution in [0.1, 0.15) is 17.0 Å². The zero-order chi connectivity index (χ0) is 27.5. The summed E-state index contributed by atoms with van der Waals surface area (Å²) in [6.07, 6.45) is 4.12. The standard InChI is InChI=1S/C29H28N6O3S2/c1-22-3-9-25(10-4-22)38-26-11-5-23(6-12-26)21-28-31-29(39-32-28)33-17-19-34(20-18-33)40(36,37)27-13-7-24(8-14-27)35-16-2-15-30-35/h2-16H,17-21H2,1H3. The molecular weight excluding hydrogens is 544 g/mol. The topological polar surface area (TPSA) is 93.5 Å². The normalized spacial score (nSPS) is 14.4. The summed E-state index contributed by atoms with van der Waals surface area (Å²) < 4.78 is 40.1. The quantitative estimate of drug-likeness (QED) is 0.260. The second-order valence-electron chi connectivity index (χ2n) is 9.56. The van der Waals surface area contributed by atoms with E-state index < -0.39 is 10.0 Å². The Kier molecular flexibility index (Phi) is 7.33. The maximum absolute atomic E-state index is 13.2. The van der Waals surface area contributed by atoms with Gasteiger partial charge in [0.05, 0.1) is 10.6 Å². The van der Waals surface area contributed by atoms with Crippen LogP contribution in [0.4, 0.5) is 5.13 Å². The molecule has 1 aliphatic rings. The predicted molar refractivity (Wildman–Crippen MR) is 155 cm³/mol. The molecule has 0 amide bonds. The number of benzene rings is 3. The van der Waals surface area contributed by atoms with Gasteiger partial charge in [0.25, 0.3) is 0 Å². The molecule has 40 heavy (non-hydrogen) atoms. The van der Waals surface area contributed by atoms with Crippen molar-refractivity contribution in [3.05, 3.63) is 108 Å². The maximum Gasteiger partial charge on any atom is 0.243 e. The molecule has 0 bridgehead atoms. The summed E-state index contributed by atoms with van der Waals surface area (Å²) in [5.74, 6) is 2.33. The minimum absolute atomic E-state index is 0.283. The van der Waals surface area contributed by atoms with E-state index >= 15 is 0 Å². The first-order valence-electron chi connectivity index (χ1n) is 13.0. The van der Waals surface area contributed by atoms with Crippen LogP contribution in [0.5, 0.6) is 11.5 Å². The van der Waals surface area contributed by atoms with Gasteiger partial charge in [-0.05, 0) is 67.1 Å². The molecule has 6 rings (SSSR count). The average molecular weight is 573 g/mol. The Morgan fingerprint density at radius 2 is 1.55 bits per heavy atom. The second kappa shape index (κ2) is 11.2. The minimum atomic E-state index is -3.58. The Morgan fingerprint density at radius 1 is 0.875 bits per heavy atom. The lowest BCUT2D eigenvalue weighted by Crippen LogP contribution is -2.48. The Balaban J connectivity index is 1.04. The molecule has 0 spiro atoms. The van der Waals surface area contributed by atoms with Gasteiger partial charge >= 0.3 is 0 Å². The molecule has 0 aliphatic carbocycles. The number of ether oxygens (including phenoxy) is 1. The van der Waals surface area contributed by atoms with Gasteiger partial charge in [-0.15, -0.1) is 0 Å². The third-order valence-corrected chi connectivity index (χ3v) is 9.48. The van der Waals surface area contributed by atoms with Crippen LogP contribution in [0, 0.1) is 6.92 Å². The van der Waals surface area contributed by atoms with Crippen LogP contribution in [0.15, 0.2) is 96.2 Å². The van der Waals surface area contributed by atoms with E-state index in [1.54, 1.807) is 35.1 Å². The highest BCUT2D eigenvalue weighted by Gasteiger charge is 2.29. The lowest BCUT2D eigenvalue weighted by atomic mass is 10.1. The van der Waals surface area contributed by atoms with Crippen LogP contribution in [0.25, 0.3) is 5.69 Å². The predicted octanol–water partition coefficient (Wildman–Crippen LogP) is 4.93. The average Bonchev–Trinajstić information content (AvgIpc) is 3.69. The summed E-state index contributed by atoms with van der Waals surface area (Å²) in [4.78, 5) is 7.12. The van der Waals surface area contributed by atoms with Gasteiger partial charge in [0, 0.05) is 56.5 Å². The molecule has 3 aromatic carbocycles. The van der Waals surface area contributed by atoms with Gasteiger partial charge in [0.1, 0.15) is 17.3 Å². The number of anilines is 1. The van der Waals surface area contributed by atoms with Crippen molar-refractivity contribution < 1.29 is 13.2 Å². The van der Waals surface area contributed by atoms with Crippen molar-refractivity contribution in [1.82, 2.24) is 23.4 Å². The van der Waals surface area contributed by atoms with Crippen molar-refractivity contribution >= 4 is 26.7 Å². The molecule has 9 nitrogen and oxygen atoms in total. The number of nitrogens with zero attached hydrogens (tertiary/aromatic N) is 6. The van der Waals surface area contributed by atoms with Crippen molar-refractivity contribution in [2.24, 2.45) is 0 Å². The monoisotopic (exact) mass is 572 g/mol. The van der Waals surface area contributed by atoms with E-state index in [0.717, 1.165) is 33.7 Å². The minimum Gasteiger partial charge on any atom is -0.457 e. The fourth-order valence-corrected chi connectivity index (χ4v) is 6.67. The molecule has 1 saturated heterocycles. The SMILES string of the molecule is Cc1ccc(Oc2ccc(Cc3nsc(N4CCN(S(=O)(=O)c5ccc(-n6cccn6)cc5)CC4)n3)cc2)cc1. The van der Waals surface area contributed by atoms with Crippen LogP contribution in [0.2, 0.25) is 0 Å². The summed E-state index contributed by atoms with van der Waals surface area (Å²) in [5.41, 5.74) is 3.10. The highest BCUT2D eigenvalue weighted by Crippen LogP contribution is 2.25.